The first-order chi connectivity index (χ1) is 8.93. The highest BCUT2D eigenvalue weighted by Crippen LogP contribution is 2.34. The Hall–Kier alpha value is -0.710. The van der Waals surface area contributed by atoms with E-state index in [-0.39, 0.29) is 0 Å². The van der Waals surface area contributed by atoms with Crippen molar-refractivity contribution in [2.24, 2.45) is 0 Å². The molecule has 2 aromatic rings. The number of rotatable bonds is 3. The lowest BCUT2D eigenvalue weighted by Crippen LogP contribution is -2.11. The van der Waals surface area contributed by atoms with Gasteiger partial charge >= 0.3 is 0 Å². The average molecular weight is 339 g/mol. The van der Waals surface area contributed by atoms with E-state index < -0.39 is 0 Å². The fourth-order valence-electron chi connectivity index (χ4n) is 2.13. The third-order valence-corrected chi connectivity index (χ3v) is 5.98. The summed E-state index contributed by atoms with van der Waals surface area (Å²) >= 11 is 5.39. The molecule has 0 amide bonds. The molecule has 2 nitrogen and oxygen atoms in total. The number of aromatic nitrogens is 1. The number of aryl methyl sites for hydroxylation is 3. The summed E-state index contributed by atoms with van der Waals surface area (Å²) in [5, 5.41) is 4.39. The van der Waals surface area contributed by atoms with Crippen molar-refractivity contribution in [3.63, 3.8) is 0 Å². The molecule has 0 fully saturated rings. The first kappa shape index (κ1) is 14.7. The molecule has 0 aliphatic carbocycles. The number of hydrogen-bond donors (Lipinski definition) is 1. The van der Waals surface area contributed by atoms with Gasteiger partial charge in [0.1, 0.15) is 5.01 Å². The first-order valence-electron chi connectivity index (χ1n) is 6.35. The van der Waals surface area contributed by atoms with E-state index in [1.54, 1.807) is 11.3 Å². The van der Waals surface area contributed by atoms with Crippen LogP contribution < -0.4 is 5.32 Å². The zero-order valence-electron chi connectivity index (χ0n) is 12.0. The Morgan fingerprint density at radius 1 is 1.21 bits per heavy atom. The van der Waals surface area contributed by atoms with Gasteiger partial charge in [0, 0.05) is 21.0 Å². The van der Waals surface area contributed by atoms with Crippen LogP contribution in [0, 0.1) is 20.8 Å². The molecule has 0 aliphatic heterocycles. The van der Waals surface area contributed by atoms with E-state index in [1.165, 1.54) is 26.0 Å². The smallest absolute Gasteiger partial charge is 0.123 e. The van der Waals surface area contributed by atoms with Crippen LogP contribution in [-0.4, -0.2) is 12.0 Å². The summed E-state index contributed by atoms with van der Waals surface area (Å²) in [5.74, 6) is 0. The quantitative estimate of drug-likeness (QED) is 0.871. The van der Waals surface area contributed by atoms with Gasteiger partial charge in [-0.2, -0.15) is 0 Å². The van der Waals surface area contributed by atoms with Crippen LogP contribution in [0.25, 0.3) is 10.6 Å². The largest absolute Gasteiger partial charge is 0.312 e. The molecular formula is C15H19BrN2S. The molecule has 19 heavy (non-hydrogen) atoms. The van der Waals surface area contributed by atoms with Gasteiger partial charge in [0.15, 0.2) is 0 Å². The Bertz CT molecular complexity index is 581. The van der Waals surface area contributed by atoms with E-state index in [9.17, 15) is 0 Å². The van der Waals surface area contributed by atoms with Gasteiger partial charge < -0.3 is 5.32 Å². The van der Waals surface area contributed by atoms with Crippen molar-refractivity contribution >= 4 is 27.3 Å². The van der Waals surface area contributed by atoms with Crippen molar-refractivity contribution in [1.82, 2.24) is 10.3 Å². The predicted molar refractivity (Wildman–Crippen MR) is 86.9 cm³/mol. The summed E-state index contributed by atoms with van der Waals surface area (Å²) < 4.78 is 1.19. The van der Waals surface area contributed by atoms with Gasteiger partial charge in [0.25, 0.3) is 0 Å². The number of halogens is 1. The van der Waals surface area contributed by atoms with Gasteiger partial charge in [-0.15, -0.1) is 11.3 Å². The fourth-order valence-corrected chi connectivity index (χ4v) is 3.48. The topological polar surface area (TPSA) is 24.9 Å². The molecule has 0 bridgehead atoms. The number of benzene rings is 1. The van der Waals surface area contributed by atoms with Crippen LogP contribution in [0.15, 0.2) is 16.6 Å². The summed E-state index contributed by atoms with van der Waals surface area (Å²) in [7, 11) is 1.98. The summed E-state index contributed by atoms with van der Waals surface area (Å²) in [5.41, 5.74) is 4.85. The van der Waals surface area contributed by atoms with Gasteiger partial charge in [0.2, 0.25) is 0 Å². The maximum atomic E-state index is 4.73. The molecule has 0 saturated carbocycles. The maximum absolute atomic E-state index is 4.73. The summed E-state index contributed by atoms with van der Waals surface area (Å²) in [6.45, 7) is 8.50. The highest BCUT2D eigenvalue weighted by atomic mass is 79.9. The molecule has 0 saturated heterocycles. The van der Waals surface area contributed by atoms with Crippen molar-refractivity contribution in [2.75, 3.05) is 7.05 Å². The van der Waals surface area contributed by atoms with Crippen molar-refractivity contribution in [3.05, 3.63) is 38.3 Å². The summed E-state index contributed by atoms with van der Waals surface area (Å²) in [4.78, 5) is 6.04. The van der Waals surface area contributed by atoms with Crippen LogP contribution in [0.1, 0.15) is 34.7 Å². The molecule has 0 spiro atoms. The standard InChI is InChI=1S/C15H19BrN2S/c1-8-6-12(7-9(2)13(8)16)15-18-11(4)14(19-15)10(3)17-5/h6-7,10,17H,1-5H3. The van der Waals surface area contributed by atoms with Gasteiger partial charge in [-0.3, -0.25) is 0 Å². The van der Waals surface area contributed by atoms with Crippen LogP contribution in [-0.2, 0) is 0 Å². The maximum Gasteiger partial charge on any atom is 0.123 e. The lowest BCUT2D eigenvalue weighted by Gasteiger charge is -2.07. The van der Waals surface area contributed by atoms with Crippen molar-refractivity contribution in [1.29, 1.82) is 0 Å². The number of nitrogens with one attached hydrogen (secondary N) is 1. The third kappa shape index (κ3) is 2.91. The predicted octanol–water partition coefficient (Wildman–Crippen LogP) is 4.78. The average Bonchev–Trinajstić information content (AvgIpc) is 2.76. The Balaban J connectivity index is 2.48. The van der Waals surface area contributed by atoms with E-state index in [4.69, 9.17) is 4.98 Å². The first-order valence-corrected chi connectivity index (χ1v) is 7.96. The van der Waals surface area contributed by atoms with E-state index in [0.717, 1.165) is 10.7 Å². The minimum Gasteiger partial charge on any atom is -0.312 e. The van der Waals surface area contributed by atoms with Gasteiger partial charge in [0.05, 0.1) is 5.69 Å². The summed E-state index contributed by atoms with van der Waals surface area (Å²) in [6, 6.07) is 4.75. The normalized spacial score (nSPS) is 12.7. The zero-order chi connectivity index (χ0) is 14.2. The minimum atomic E-state index is 0.351. The Labute approximate surface area is 127 Å². The molecule has 1 aromatic heterocycles. The van der Waals surface area contributed by atoms with E-state index >= 15 is 0 Å². The van der Waals surface area contributed by atoms with Gasteiger partial charge in [-0.25, -0.2) is 4.98 Å². The summed E-state index contributed by atoms with van der Waals surface area (Å²) in [6.07, 6.45) is 0. The molecule has 102 valence electrons. The second kappa shape index (κ2) is 5.73. The lowest BCUT2D eigenvalue weighted by atomic mass is 10.1. The van der Waals surface area contributed by atoms with Gasteiger partial charge in [-0.05, 0) is 58.0 Å². The van der Waals surface area contributed by atoms with Crippen LogP contribution >= 0.6 is 27.3 Å². The van der Waals surface area contributed by atoms with E-state index in [1.807, 2.05) is 7.05 Å². The number of nitrogens with zero attached hydrogens (tertiary/aromatic N) is 1. The van der Waals surface area contributed by atoms with Crippen LogP contribution in [0.4, 0.5) is 0 Å². The van der Waals surface area contributed by atoms with Crippen molar-refractivity contribution in [2.45, 2.75) is 33.7 Å². The van der Waals surface area contributed by atoms with Gasteiger partial charge in [-0.1, -0.05) is 15.9 Å². The molecule has 1 heterocycles. The number of hydrogen-bond acceptors (Lipinski definition) is 3. The molecule has 1 unspecified atom stereocenters. The molecular weight excluding hydrogens is 320 g/mol. The molecule has 4 heteroatoms. The minimum absolute atomic E-state index is 0.351. The van der Waals surface area contributed by atoms with Crippen molar-refractivity contribution in [3.8, 4) is 10.6 Å². The lowest BCUT2D eigenvalue weighted by molar-refractivity contribution is 0.658. The fraction of sp³-hybridized carbons (Fsp3) is 0.400. The zero-order valence-corrected chi connectivity index (χ0v) is 14.4. The third-order valence-electron chi connectivity index (χ3n) is 3.34. The molecule has 1 atom stereocenters. The second-order valence-electron chi connectivity index (χ2n) is 4.90. The second-order valence-corrected chi connectivity index (χ2v) is 6.73. The Morgan fingerprint density at radius 3 is 2.32 bits per heavy atom. The highest BCUT2D eigenvalue weighted by Gasteiger charge is 2.15. The van der Waals surface area contributed by atoms with Crippen LogP contribution in [0.3, 0.4) is 0 Å². The molecule has 2 rings (SSSR count). The van der Waals surface area contributed by atoms with Crippen LogP contribution in [0.2, 0.25) is 0 Å². The Kier molecular flexibility index (Phi) is 4.43. The molecule has 0 radical (unpaired) electrons. The van der Waals surface area contributed by atoms with E-state index in [0.29, 0.717) is 6.04 Å². The van der Waals surface area contributed by atoms with Crippen molar-refractivity contribution < 1.29 is 0 Å². The molecule has 0 aliphatic rings. The Morgan fingerprint density at radius 2 is 1.79 bits per heavy atom. The van der Waals surface area contributed by atoms with Crippen LogP contribution in [0.5, 0.6) is 0 Å². The molecule has 1 aromatic carbocycles. The number of thiazole rings is 1. The highest BCUT2D eigenvalue weighted by molar-refractivity contribution is 9.10. The molecule has 1 N–H and O–H groups in total. The van der Waals surface area contributed by atoms with E-state index in [2.05, 4.69) is 61.1 Å². The SMILES string of the molecule is CNC(C)c1sc(-c2cc(C)c(Br)c(C)c2)nc1C. The monoisotopic (exact) mass is 338 g/mol.